The monoisotopic (exact) mass is 275 g/mol. The van der Waals surface area contributed by atoms with E-state index in [0.29, 0.717) is 17.1 Å². The van der Waals surface area contributed by atoms with Crippen LogP contribution in [-0.2, 0) is 0 Å². The standard InChI is InChI=1S/C16H18FNO2/c1-11-7-8-15(16(9-11)19-2)20-10-14(18)12-5-3-4-6-13(12)17/h3-9,14H,10,18H2,1-2H3. The van der Waals surface area contributed by atoms with Crippen molar-refractivity contribution in [3.05, 3.63) is 59.4 Å². The lowest BCUT2D eigenvalue weighted by Gasteiger charge is -2.16. The summed E-state index contributed by atoms with van der Waals surface area (Å²) in [4.78, 5) is 0. The van der Waals surface area contributed by atoms with Crippen molar-refractivity contribution >= 4 is 0 Å². The summed E-state index contributed by atoms with van der Waals surface area (Å²) in [5.74, 6) is 0.926. The third-order valence-corrected chi connectivity index (χ3v) is 3.04. The summed E-state index contributed by atoms with van der Waals surface area (Å²) < 4.78 is 24.5. The van der Waals surface area contributed by atoms with E-state index in [4.69, 9.17) is 15.2 Å². The van der Waals surface area contributed by atoms with Crippen LogP contribution in [-0.4, -0.2) is 13.7 Å². The number of aryl methyl sites for hydroxylation is 1. The number of rotatable bonds is 5. The first-order chi connectivity index (χ1) is 9.61. The number of ether oxygens (including phenoxy) is 2. The fourth-order valence-corrected chi connectivity index (χ4v) is 1.94. The van der Waals surface area contributed by atoms with Gasteiger partial charge in [0.25, 0.3) is 0 Å². The van der Waals surface area contributed by atoms with Crippen LogP contribution in [0.5, 0.6) is 11.5 Å². The van der Waals surface area contributed by atoms with E-state index in [9.17, 15) is 4.39 Å². The molecule has 0 saturated heterocycles. The van der Waals surface area contributed by atoms with Crippen molar-refractivity contribution in [2.24, 2.45) is 5.73 Å². The summed E-state index contributed by atoms with van der Waals surface area (Å²) in [7, 11) is 1.58. The molecule has 1 unspecified atom stereocenters. The number of hydrogen-bond donors (Lipinski definition) is 1. The van der Waals surface area contributed by atoms with Gasteiger partial charge in [0.15, 0.2) is 11.5 Å². The van der Waals surface area contributed by atoms with Gasteiger partial charge in [-0.25, -0.2) is 4.39 Å². The fourth-order valence-electron chi connectivity index (χ4n) is 1.94. The van der Waals surface area contributed by atoms with Crippen molar-refractivity contribution in [2.45, 2.75) is 13.0 Å². The van der Waals surface area contributed by atoms with Gasteiger partial charge in [-0.3, -0.25) is 0 Å². The van der Waals surface area contributed by atoms with Gasteiger partial charge in [-0.05, 0) is 30.7 Å². The molecule has 106 valence electrons. The summed E-state index contributed by atoms with van der Waals surface area (Å²) in [6.45, 7) is 2.15. The Morgan fingerprint density at radius 2 is 1.90 bits per heavy atom. The largest absolute Gasteiger partial charge is 0.493 e. The van der Waals surface area contributed by atoms with Crippen molar-refractivity contribution in [3.63, 3.8) is 0 Å². The zero-order valence-electron chi connectivity index (χ0n) is 11.6. The van der Waals surface area contributed by atoms with Crippen LogP contribution in [0.3, 0.4) is 0 Å². The molecule has 0 saturated carbocycles. The van der Waals surface area contributed by atoms with Gasteiger partial charge in [-0.1, -0.05) is 24.3 Å². The molecule has 0 aliphatic carbocycles. The highest BCUT2D eigenvalue weighted by molar-refractivity contribution is 5.42. The lowest BCUT2D eigenvalue weighted by molar-refractivity contribution is 0.271. The van der Waals surface area contributed by atoms with E-state index in [2.05, 4.69) is 0 Å². The molecule has 0 fully saturated rings. The van der Waals surface area contributed by atoms with Gasteiger partial charge < -0.3 is 15.2 Å². The minimum absolute atomic E-state index is 0.181. The van der Waals surface area contributed by atoms with Crippen LogP contribution >= 0.6 is 0 Å². The number of nitrogens with two attached hydrogens (primary N) is 1. The highest BCUT2D eigenvalue weighted by Crippen LogP contribution is 2.28. The summed E-state index contributed by atoms with van der Waals surface area (Å²) in [5, 5.41) is 0. The topological polar surface area (TPSA) is 44.5 Å². The third kappa shape index (κ3) is 3.27. The molecular weight excluding hydrogens is 257 g/mol. The number of halogens is 1. The molecular formula is C16H18FNO2. The van der Waals surface area contributed by atoms with E-state index in [1.807, 2.05) is 25.1 Å². The second-order valence-electron chi connectivity index (χ2n) is 4.59. The molecule has 1 atom stereocenters. The fraction of sp³-hybridized carbons (Fsp3) is 0.250. The van der Waals surface area contributed by atoms with Gasteiger partial charge in [-0.15, -0.1) is 0 Å². The minimum atomic E-state index is -0.526. The molecule has 2 N–H and O–H groups in total. The zero-order chi connectivity index (χ0) is 14.5. The van der Waals surface area contributed by atoms with Crippen LogP contribution < -0.4 is 15.2 Å². The van der Waals surface area contributed by atoms with E-state index in [-0.39, 0.29) is 12.4 Å². The van der Waals surface area contributed by atoms with Gasteiger partial charge >= 0.3 is 0 Å². The maximum atomic E-state index is 13.6. The Bertz CT molecular complexity index is 586. The second kappa shape index (κ2) is 6.39. The number of hydrogen-bond acceptors (Lipinski definition) is 3. The smallest absolute Gasteiger partial charge is 0.161 e. The Hall–Kier alpha value is -2.07. The lowest BCUT2D eigenvalue weighted by Crippen LogP contribution is -2.20. The van der Waals surface area contributed by atoms with E-state index in [1.54, 1.807) is 25.3 Å². The van der Waals surface area contributed by atoms with Gasteiger partial charge in [0, 0.05) is 5.56 Å². The Labute approximate surface area is 118 Å². The average molecular weight is 275 g/mol. The molecule has 0 bridgehead atoms. The molecule has 0 amide bonds. The molecule has 0 aromatic heterocycles. The van der Waals surface area contributed by atoms with Crippen LogP contribution in [0.25, 0.3) is 0 Å². The van der Waals surface area contributed by atoms with Crippen LogP contribution in [0.1, 0.15) is 17.2 Å². The molecule has 2 rings (SSSR count). The lowest BCUT2D eigenvalue weighted by atomic mass is 10.1. The summed E-state index contributed by atoms with van der Waals surface area (Å²) in [6, 6.07) is 11.5. The minimum Gasteiger partial charge on any atom is -0.493 e. The van der Waals surface area contributed by atoms with Crippen molar-refractivity contribution in [1.29, 1.82) is 0 Å². The molecule has 0 radical (unpaired) electrons. The molecule has 0 aliphatic rings. The Kier molecular flexibility index (Phi) is 4.58. The van der Waals surface area contributed by atoms with Crippen LogP contribution in [0, 0.1) is 12.7 Å². The summed E-state index contributed by atoms with van der Waals surface area (Å²) in [6.07, 6.45) is 0. The van der Waals surface area contributed by atoms with Crippen LogP contribution in [0.4, 0.5) is 4.39 Å². The van der Waals surface area contributed by atoms with Crippen LogP contribution in [0.15, 0.2) is 42.5 Å². The van der Waals surface area contributed by atoms with Crippen molar-refractivity contribution < 1.29 is 13.9 Å². The van der Waals surface area contributed by atoms with E-state index >= 15 is 0 Å². The van der Waals surface area contributed by atoms with E-state index in [0.717, 1.165) is 5.56 Å². The first kappa shape index (κ1) is 14.3. The third-order valence-electron chi connectivity index (χ3n) is 3.04. The SMILES string of the molecule is COc1cc(C)ccc1OCC(N)c1ccccc1F. The van der Waals surface area contributed by atoms with Crippen molar-refractivity contribution in [3.8, 4) is 11.5 Å². The first-order valence-electron chi connectivity index (χ1n) is 6.39. The maximum Gasteiger partial charge on any atom is 0.161 e. The normalized spacial score (nSPS) is 12.0. The molecule has 2 aromatic rings. The number of benzene rings is 2. The Morgan fingerprint density at radius 3 is 2.60 bits per heavy atom. The van der Waals surface area contributed by atoms with E-state index in [1.165, 1.54) is 6.07 Å². The van der Waals surface area contributed by atoms with Gasteiger partial charge in [0.2, 0.25) is 0 Å². The molecule has 0 spiro atoms. The molecule has 3 nitrogen and oxygen atoms in total. The predicted molar refractivity (Wildman–Crippen MR) is 76.6 cm³/mol. The highest BCUT2D eigenvalue weighted by atomic mass is 19.1. The Morgan fingerprint density at radius 1 is 1.15 bits per heavy atom. The van der Waals surface area contributed by atoms with Gasteiger partial charge in [0.05, 0.1) is 13.2 Å². The maximum absolute atomic E-state index is 13.6. The average Bonchev–Trinajstić information content (AvgIpc) is 2.46. The zero-order valence-corrected chi connectivity index (χ0v) is 11.6. The number of methoxy groups -OCH3 is 1. The molecule has 0 aliphatic heterocycles. The quantitative estimate of drug-likeness (QED) is 0.911. The van der Waals surface area contributed by atoms with Crippen molar-refractivity contribution in [1.82, 2.24) is 0 Å². The molecule has 2 aromatic carbocycles. The Balaban J connectivity index is 2.07. The summed E-state index contributed by atoms with van der Waals surface area (Å²) in [5.41, 5.74) is 7.48. The first-order valence-corrected chi connectivity index (χ1v) is 6.39. The predicted octanol–water partition coefficient (Wildman–Crippen LogP) is 3.22. The molecule has 0 heterocycles. The summed E-state index contributed by atoms with van der Waals surface area (Å²) >= 11 is 0. The highest BCUT2D eigenvalue weighted by Gasteiger charge is 2.13. The van der Waals surface area contributed by atoms with Crippen molar-refractivity contribution in [2.75, 3.05) is 13.7 Å². The van der Waals surface area contributed by atoms with E-state index < -0.39 is 6.04 Å². The second-order valence-corrected chi connectivity index (χ2v) is 4.59. The van der Waals surface area contributed by atoms with Gasteiger partial charge in [0.1, 0.15) is 12.4 Å². The molecule has 4 heteroatoms. The van der Waals surface area contributed by atoms with Crippen LogP contribution in [0.2, 0.25) is 0 Å². The van der Waals surface area contributed by atoms with Gasteiger partial charge in [-0.2, -0.15) is 0 Å². The molecule has 20 heavy (non-hydrogen) atoms.